The Labute approximate surface area is 125 Å². The van der Waals surface area contributed by atoms with Crippen LogP contribution in [0.15, 0.2) is 47.4 Å². The molecule has 0 radical (unpaired) electrons. The number of carbonyl (C=O) groups is 1. The lowest BCUT2D eigenvalue weighted by Gasteiger charge is -2.05. The van der Waals surface area contributed by atoms with Gasteiger partial charge in [-0.1, -0.05) is 35.3 Å². The first-order valence-corrected chi connectivity index (χ1v) is 7.56. The van der Waals surface area contributed by atoms with E-state index in [1.807, 2.05) is 0 Å². The third-order valence-corrected chi connectivity index (χ3v) is 3.98. The van der Waals surface area contributed by atoms with Crippen LogP contribution >= 0.6 is 23.2 Å². The molecule has 0 saturated carbocycles. The highest BCUT2D eigenvalue weighted by molar-refractivity contribution is 7.85. The van der Waals surface area contributed by atoms with Gasteiger partial charge in [-0.05, 0) is 30.3 Å². The Kier molecular flexibility index (Phi) is 4.15. The SMILES string of the molecule is O=C(c1cccc(S(=O)(=O)O)c1)c1cc(Cl)ccc1Cl. The summed E-state index contributed by atoms with van der Waals surface area (Å²) in [6.45, 7) is 0. The van der Waals surface area contributed by atoms with Gasteiger partial charge in [-0.2, -0.15) is 8.42 Å². The van der Waals surface area contributed by atoms with Crippen molar-refractivity contribution >= 4 is 39.1 Å². The fourth-order valence-corrected chi connectivity index (χ4v) is 2.53. The van der Waals surface area contributed by atoms with Gasteiger partial charge in [0.1, 0.15) is 0 Å². The first kappa shape index (κ1) is 15.0. The van der Waals surface area contributed by atoms with Gasteiger partial charge in [0.25, 0.3) is 10.1 Å². The number of hydrogen-bond donors (Lipinski definition) is 1. The summed E-state index contributed by atoms with van der Waals surface area (Å²) in [6, 6.07) is 9.45. The van der Waals surface area contributed by atoms with Crippen molar-refractivity contribution in [1.82, 2.24) is 0 Å². The molecule has 0 amide bonds. The van der Waals surface area contributed by atoms with Crippen molar-refractivity contribution in [2.45, 2.75) is 4.90 Å². The molecular formula is C13H8Cl2O4S. The van der Waals surface area contributed by atoms with Crippen molar-refractivity contribution in [3.05, 3.63) is 63.6 Å². The number of carbonyl (C=O) groups excluding carboxylic acids is 1. The van der Waals surface area contributed by atoms with Crippen molar-refractivity contribution in [2.24, 2.45) is 0 Å². The van der Waals surface area contributed by atoms with Crippen LogP contribution in [0.1, 0.15) is 15.9 Å². The number of halogens is 2. The lowest BCUT2D eigenvalue weighted by atomic mass is 10.0. The molecule has 0 unspecified atom stereocenters. The highest BCUT2D eigenvalue weighted by Gasteiger charge is 2.16. The van der Waals surface area contributed by atoms with Gasteiger partial charge in [0.05, 0.1) is 9.92 Å². The largest absolute Gasteiger partial charge is 0.294 e. The number of rotatable bonds is 3. The summed E-state index contributed by atoms with van der Waals surface area (Å²) in [4.78, 5) is 11.9. The van der Waals surface area contributed by atoms with Gasteiger partial charge < -0.3 is 0 Å². The highest BCUT2D eigenvalue weighted by Crippen LogP contribution is 2.24. The topological polar surface area (TPSA) is 71.4 Å². The third kappa shape index (κ3) is 3.19. The maximum Gasteiger partial charge on any atom is 0.294 e. The second-order valence-electron chi connectivity index (χ2n) is 3.96. The van der Waals surface area contributed by atoms with Gasteiger partial charge in [-0.25, -0.2) is 0 Å². The third-order valence-electron chi connectivity index (χ3n) is 2.57. The Bertz CT molecular complexity index is 785. The van der Waals surface area contributed by atoms with Gasteiger partial charge in [0.15, 0.2) is 5.78 Å². The smallest absolute Gasteiger partial charge is 0.289 e. The predicted molar refractivity (Wildman–Crippen MR) is 76.2 cm³/mol. The van der Waals surface area contributed by atoms with E-state index in [4.69, 9.17) is 27.8 Å². The van der Waals surface area contributed by atoms with Crippen molar-refractivity contribution < 1.29 is 17.8 Å². The Balaban J connectivity index is 2.52. The normalized spacial score (nSPS) is 11.3. The van der Waals surface area contributed by atoms with Gasteiger partial charge in [0.2, 0.25) is 0 Å². The van der Waals surface area contributed by atoms with Gasteiger partial charge >= 0.3 is 0 Å². The maximum absolute atomic E-state index is 12.3. The number of ketones is 1. The van der Waals surface area contributed by atoms with E-state index >= 15 is 0 Å². The predicted octanol–water partition coefficient (Wildman–Crippen LogP) is 3.47. The van der Waals surface area contributed by atoms with Crippen LogP contribution in [0.25, 0.3) is 0 Å². The molecule has 0 spiro atoms. The second-order valence-corrected chi connectivity index (χ2v) is 6.22. The molecule has 0 saturated heterocycles. The average Bonchev–Trinajstić information content (AvgIpc) is 2.40. The standard InChI is InChI=1S/C13H8Cl2O4S/c14-9-4-5-12(15)11(7-9)13(16)8-2-1-3-10(6-8)20(17,18)19/h1-7H,(H,17,18,19). The first-order valence-electron chi connectivity index (χ1n) is 5.36. The zero-order chi connectivity index (χ0) is 14.9. The van der Waals surface area contributed by atoms with Gasteiger partial charge in [-0.15, -0.1) is 0 Å². The molecule has 20 heavy (non-hydrogen) atoms. The fraction of sp³-hybridized carbons (Fsp3) is 0. The molecule has 0 fully saturated rings. The summed E-state index contributed by atoms with van der Waals surface area (Å²) >= 11 is 11.7. The van der Waals surface area contributed by atoms with E-state index in [1.165, 1.54) is 36.4 Å². The summed E-state index contributed by atoms with van der Waals surface area (Å²) < 4.78 is 31.1. The summed E-state index contributed by atoms with van der Waals surface area (Å²) in [5.41, 5.74) is 0.246. The molecule has 0 aromatic heterocycles. The molecule has 1 N–H and O–H groups in total. The van der Waals surface area contributed by atoms with Crippen molar-refractivity contribution in [3.8, 4) is 0 Å². The van der Waals surface area contributed by atoms with Crippen LogP contribution in [0, 0.1) is 0 Å². The molecule has 2 aromatic rings. The Morgan fingerprint density at radius 2 is 1.75 bits per heavy atom. The minimum atomic E-state index is -4.37. The minimum Gasteiger partial charge on any atom is -0.289 e. The van der Waals surface area contributed by atoms with E-state index < -0.39 is 15.9 Å². The van der Waals surface area contributed by atoms with Crippen LogP contribution in [0.5, 0.6) is 0 Å². The van der Waals surface area contributed by atoms with Crippen LogP contribution in [0.3, 0.4) is 0 Å². The summed E-state index contributed by atoms with van der Waals surface area (Å²) in [5.74, 6) is -0.483. The van der Waals surface area contributed by atoms with E-state index in [1.54, 1.807) is 0 Å². The molecule has 0 aliphatic carbocycles. The average molecular weight is 331 g/mol. The quantitative estimate of drug-likeness (QED) is 0.690. The zero-order valence-electron chi connectivity index (χ0n) is 9.88. The lowest BCUT2D eigenvalue weighted by Crippen LogP contribution is -2.05. The number of hydrogen-bond acceptors (Lipinski definition) is 3. The summed E-state index contributed by atoms with van der Waals surface area (Å²) in [7, 11) is -4.37. The molecule has 0 aliphatic heterocycles. The first-order chi connectivity index (χ1) is 9.29. The number of benzene rings is 2. The zero-order valence-corrected chi connectivity index (χ0v) is 12.2. The van der Waals surface area contributed by atoms with E-state index in [2.05, 4.69) is 0 Å². The Morgan fingerprint density at radius 1 is 1.05 bits per heavy atom. The van der Waals surface area contributed by atoms with Crippen LogP contribution in [0.4, 0.5) is 0 Å². The van der Waals surface area contributed by atoms with Crippen LogP contribution in [0.2, 0.25) is 10.0 Å². The maximum atomic E-state index is 12.3. The van der Waals surface area contributed by atoms with Gasteiger partial charge in [0, 0.05) is 16.1 Å². The van der Waals surface area contributed by atoms with E-state index in [0.717, 1.165) is 6.07 Å². The second kappa shape index (κ2) is 5.54. The molecule has 0 bridgehead atoms. The van der Waals surface area contributed by atoms with Crippen molar-refractivity contribution in [2.75, 3.05) is 0 Å². The molecule has 0 aliphatic rings. The molecule has 0 atom stereocenters. The molecule has 4 nitrogen and oxygen atoms in total. The monoisotopic (exact) mass is 330 g/mol. The molecule has 104 valence electrons. The van der Waals surface area contributed by atoms with Gasteiger partial charge in [-0.3, -0.25) is 9.35 Å². The molecule has 2 rings (SSSR count). The highest BCUT2D eigenvalue weighted by atomic mass is 35.5. The van der Waals surface area contributed by atoms with Crippen LogP contribution in [-0.2, 0) is 10.1 Å². The summed E-state index contributed by atoms with van der Waals surface area (Å²) in [5, 5.41) is 0.542. The minimum absolute atomic E-state index is 0.0873. The van der Waals surface area contributed by atoms with Crippen LogP contribution in [-0.4, -0.2) is 18.8 Å². The summed E-state index contributed by atoms with van der Waals surface area (Å²) in [6.07, 6.45) is 0. The molecule has 7 heteroatoms. The van der Waals surface area contributed by atoms with Crippen LogP contribution < -0.4 is 0 Å². The Morgan fingerprint density at radius 3 is 2.40 bits per heavy atom. The molecule has 0 heterocycles. The van der Waals surface area contributed by atoms with E-state index in [-0.39, 0.29) is 21.0 Å². The van der Waals surface area contributed by atoms with E-state index in [9.17, 15) is 13.2 Å². The van der Waals surface area contributed by atoms with Crippen molar-refractivity contribution in [1.29, 1.82) is 0 Å². The Hall–Kier alpha value is -1.40. The van der Waals surface area contributed by atoms with Crippen molar-refractivity contribution in [3.63, 3.8) is 0 Å². The molecular weight excluding hydrogens is 323 g/mol. The fourth-order valence-electron chi connectivity index (χ4n) is 1.62. The van der Waals surface area contributed by atoms with E-state index in [0.29, 0.717) is 5.02 Å². The lowest BCUT2D eigenvalue weighted by molar-refractivity contribution is 0.103. The molecule has 2 aromatic carbocycles.